The molecule has 0 fully saturated rings. The van der Waals surface area contributed by atoms with Crippen LogP contribution >= 0.6 is 34.2 Å². The Morgan fingerprint density at radius 2 is 2.20 bits per heavy atom. The Hall–Kier alpha value is -0.400. The molecule has 0 aliphatic carbocycles. The predicted octanol–water partition coefficient (Wildman–Crippen LogP) is 4.68. The summed E-state index contributed by atoms with van der Waals surface area (Å²) >= 11 is 8.21. The molecule has 0 saturated carbocycles. The van der Waals surface area contributed by atoms with Gasteiger partial charge in [-0.1, -0.05) is 6.92 Å². The normalized spacial score (nSPS) is 14.7. The molecule has 2 rings (SSSR count). The van der Waals surface area contributed by atoms with Crippen LogP contribution in [-0.2, 0) is 4.74 Å². The number of alkyl halides is 1. The van der Waals surface area contributed by atoms with Gasteiger partial charge in [0.25, 0.3) is 0 Å². The molecule has 0 spiro atoms. The number of aromatic nitrogens is 2. The molecule has 0 amide bonds. The van der Waals surface area contributed by atoms with Gasteiger partial charge in [-0.3, -0.25) is 0 Å². The molecule has 2 atom stereocenters. The smallest absolute Gasteiger partial charge is 0.138 e. The lowest BCUT2D eigenvalue weighted by Gasteiger charge is -2.20. The van der Waals surface area contributed by atoms with Gasteiger partial charge in [0.05, 0.1) is 32.6 Å². The second kappa shape index (κ2) is 6.58. The molecule has 6 heteroatoms. The van der Waals surface area contributed by atoms with Crippen molar-refractivity contribution in [3.63, 3.8) is 0 Å². The number of ether oxygens (including phenoxy) is 1. The monoisotopic (exact) mass is 410 g/mol. The molecule has 0 aliphatic rings. The van der Waals surface area contributed by atoms with Gasteiger partial charge in [0.1, 0.15) is 11.6 Å². The Kier molecular flexibility index (Phi) is 5.25. The number of imidazole rings is 1. The number of methoxy groups -OCH3 is 1. The summed E-state index contributed by atoms with van der Waals surface area (Å²) in [6, 6.07) is 3.38. The van der Waals surface area contributed by atoms with Gasteiger partial charge in [0.2, 0.25) is 0 Å². The number of hydrogen-bond acceptors (Lipinski definition) is 2. The molecule has 2 aromatic rings. The summed E-state index contributed by atoms with van der Waals surface area (Å²) in [4.78, 5) is 4.57. The predicted molar refractivity (Wildman–Crippen MR) is 87.9 cm³/mol. The van der Waals surface area contributed by atoms with Crippen LogP contribution in [0.3, 0.4) is 0 Å². The highest BCUT2D eigenvalue weighted by molar-refractivity contribution is 14.1. The van der Waals surface area contributed by atoms with Gasteiger partial charge < -0.3 is 9.30 Å². The highest BCUT2D eigenvalue weighted by Crippen LogP contribution is 2.31. The maximum atomic E-state index is 13.9. The molecular weight excluding hydrogens is 394 g/mol. The van der Waals surface area contributed by atoms with E-state index in [1.54, 1.807) is 13.2 Å². The van der Waals surface area contributed by atoms with Crippen molar-refractivity contribution in [3.8, 4) is 0 Å². The van der Waals surface area contributed by atoms with Crippen LogP contribution in [0.2, 0.25) is 0 Å². The Labute approximate surface area is 136 Å². The summed E-state index contributed by atoms with van der Waals surface area (Å²) in [5, 5.41) is -0.242. The molecule has 0 bridgehead atoms. The zero-order valence-corrected chi connectivity index (χ0v) is 14.6. The Morgan fingerprint density at radius 1 is 1.50 bits per heavy atom. The molecule has 3 nitrogen and oxygen atoms in total. The van der Waals surface area contributed by atoms with Gasteiger partial charge in [-0.2, -0.15) is 0 Å². The van der Waals surface area contributed by atoms with Crippen LogP contribution in [-0.4, -0.2) is 23.3 Å². The van der Waals surface area contributed by atoms with Crippen molar-refractivity contribution in [1.29, 1.82) is 0 Å². The number of benzene rings is 1. The molecule has 1 aromatic heterocycles. The zero-order valence-electron chi connectivity index (χ0n) is 11.7. The van der Waals surface area contributed by atoms with E-state index in [4.69, 9.17) is 16.3 Å². The summed E-state index contributed by atoms with van der Waals surface area (Å²) < 4.78 is 21.7. The molecule has 20 heavy (non-hydrogen) atoms. The summed E-state index contributed by atoms with van der Waals surface area (Å²) in [7, 11) is 1.66. The summed E-state index contributed by atoms with van der Waals surface area (Å²) in [6.45, 7) is 4.49. The van der Waals surface area contributed by atoms with Crippen LogP contribution in [0.5, 0.6) is 0 Å². The van der Waals surface area contributed by atoms with Crippen LogP contribution in [0.4, 0.5) is 4.39 Å². The van der Waals surface area contributed by atoms with E-state index in [9.17, 15) is 4.39 Å². The molecule has 0 saturated heterocycles. The number of nitrogens with zero attached hydrogens (tertiary/aromatic N) is 2. The van der Waals surface area contributed by atoms with Gasteiger partial charge in [-0.05, 0) is 42.0 Å². The summed E-state index contributed by atoms with van der Waals surface area (Å²) in [5.41, 5.74) is 1.54. The minimum Gasteiger partial charge on any atom is -0.383 e. The minimum absolute atomic E-state index is 0.0978. The van der Waals surface area contributed by atoms with E-state index in [1.165, 1.54) is 6.07 Å². The number of hydrogen-bond donors (Lipinski definition) is 0. The summed E-state index contributed by atoms with van der Waals surface area (Å²) in [5.74, 6) is 0.521. The molecule has 0 radical (unpaired) electrons. The van der Waals surface area contributed by atoms with E-state index < -0.39 is 0 Å². The highest BCUT2D eigenvalue weighted by Gasteiger charge is 2.21. The van der Waals surface area contributed by atoms with Crippen molar-refractivity contribution in [2.45, 2.75) is 31.7 Å². The quantitative estimate of drug-likeness (QED) is 0.529. The fourth-order valence-electron chi connectivity index (χ4n) is 2.34. The number of fused-ring (bicyclic) bond motifs is 1. The molecule has 2 unspecified atom stereocenters. The number of rotatable bonds is 5. The molecule has 0 aliphatic heterocycles. The van der Waals surface area contributed by atoms with Crippen LogP contribution in [0, 0.1) is 9.39 Å². The minimum atomic E-state index is -0.242. The Bertz CT molecular complexity index is 615. The van der Waals surface area contributed by atoms with E-state index in [0.717, 1.165) is 23.3 Å². The van der Waals surface area contributed by atoms with Crippen molar-refractivity contribution in [1.82, 2.24) is 9.55 Å². The van der Waals surface area contributed by atoms with E-state index in [-0.39, 0.29) is 17.2 Å². The SMILES string of the molecule is CCC(COC)n1c(C(C)Cl)nc2cc(I)c(F)cc21. The van der Waals surface area contributed by atoms with Gasteiger partial charge >= 0.3 is 0 Å². The number of halogens is 3. The standard InChI is InChI=1S/C14H17ClFIN2O/c1-4-9(7-20-3)19-13-5-10(16)11(17)6-12(13)18-14(19)8(2)15/h5-6,8-9H,4,7H2,1-3H3. The van der Waals surface area contributed by atoms with Gasteiger partial charge in [0, 0.05) is 13.2 Å². The topological polar surface area (TPSA) is 27.1 Å². The van der Waals surface area contributed by atoms with Crippen molar-refractivity contribution in [2.75, 3.05) is 13.7 Å². The van der Waals surface area contributed by atoms with Gasteiger partial charge in [-0.25, -0.2) is 9.37 Å². The maximum absolute atomic E-state index is 13.9. The lowest BCUT2D eigenvalue weighted by atomic mass is 10.2. The first-order valence-electron chi connectivity index (χ1n) is 6.49. The maximum Gasteiger partial charge on any atom is 0.138 e. The molecule has 1 heterocycles. The average Bonchev–Trinajstić information content (AvgIpc) is 2.75. The van der Waals surface area contributed by atoms with Gasteiger partial charge in [-0.15, -0.1) is 11.6 Å². The fraction of sp³-hybridized carbons (Fsp3) is 0.500. The van der Waals surface area contributed by atoms with Crippen LogP contribution in [0.1, 0.15) is 37.5 Å². The van der Waals surface area contributed by atoms with Crippen molar-refractivity contribution >= 4 is 45.2 Å². The van der Waals surface area contributed by atoms with E-state index in [0.29, 0.717) is 10.2 Å². The van der Waals surface area contributed by atoms with E-state index >= 15 is 0 Å². The third-order valence-corrected chi connectivity index (χ3v) is 4.33. The van der Waals surface area contributed by atoms with E-state index in [1.807, 2.05) is 34.1 Å². The van der Waals surface area contributed by atoms with Crippen LogP contribution in [0.25, 0.3) is 11.0 Å². The lowest BCUT2D eigenvalue weighted by molar-refractivity contribution is 0.153. The average molecular weight is 411 g/mol. The largest absolute Gasteiger partial charge is 0.383 e. The zero-order chi connectivity index (χ0) is 14.9. The Balaban J connectivity index is 2.70. The second-order valence-electron chi connectivity index (χ2n) is 4.73. The fourth-order valence-corrected chi connectivity index (χ4v) is 2.95. The van der Waals surface area contributed by atoms with Crippen LogP contribution < -0.4 is 0 Å². The third kappa shape index (κ3) is 2.94. The molecule has 110 valence electrons. The highest BCUT2D eigenvalue weighted by atomic mass is 127. The lowest BCUT2D eigenvalue weighted by Crippen LogP contribution is -2.17. The first-order chi connectivity index (χ1) is 9.49. The first-order valence-corrected chi connectivity index (χ1v) is 8.01. The van der Waals surface area contributed by atoms with Crippen molar-refractivity contribution in [2.24, 2.45) is 0 Å². The summed E-state index contributed by atoms with van der Waals surface area (Å²) in [6.07, 6.45) is 0.865. The molecular formula is C14H17ClFIN2O. The molecule has 1 aromatic carbocycles. The van der Waals surface area contributed by atoms with Crippen molar-refractivity contribution in [3.05, 3.63) is 27.3 Å². The third-order valence-electron chi connectivity index (χ3n) is 3.31. The van der Waals surface area contributed by atoms with Gasteiger partial charge in [0.15, 0.2) is 0 Å². The molecule has 0 N–H and O–H groups in total. The Morgan fingerprint density at radius 3 is 2.75 bits per heavy atom. The van der Waals surface area contributed by atoms with Crippen LogP contribution in [0.15, 0.2) is 12.1 Å². The van der Waals surface area contributed by atoms with Crippen molar-refractivity contribution < 1.29 is 9.13 Å². The second-order valence-corrected chi connectivity index (χ2v) is 6.55. The van der Waals surface area contributed by atoms with E-state index in [2.05, 4.69) is 11.9 Å². The first kappa shape index (κ1) is 16.0.